The summed E-state index contributed by atoms with van der Waals surface area (Å²) >= 11 is 3.50. The molecule has 4 heteroatoms. The lowest BCUT2D eigenvalue weighted by Gasteiger charge is -2.14. The lowest BCUT2D eigenvalue weighted by atomic mass is 10.1. The second kappa shape index (κ2) is 6.77. The van der Waals surface area contributed by atoms with Gasteiger partial charge < -0.3 is 10.2 Å². The molecular weight excluding hydrogens is 280 g/mol. The van der Waals surface area contributed by atoms with Crippen molar-refractivity contribution in [2.45, 2.75) is 20.4 Å². The number of nitrogens with zero attached hydrogens (tertiary/aromatic N) is 1. The highest BCUT2D eigenvalue weighted by atomic mass is 79.9. The van der Waals surface area contributed by atoms with Gasteiger partial charge in [-0.1, -0.05) is 28.1 Å². The summed E-state index contributed by atoms with van der Waals surface area (Å²) in [4.78, 5) is 13.2. The van der Waals surface area contributed by atoms with Gasteiger partial charge in [0, 0.05) is 24.6 Å². The van der Waals surface area contributed by atoms with Crippen molar-refractivity contribution >= 4 is 21.8 Å². The molecule has 1 aromatic rings. The van der Waals surface area contributed by atoms with Gasteiger partial charge >= 0.3 is 0 Å². The van der Waals surface area contributed by atoms with E-state index >= 15 is 0 Å². The van der Waals surface area contributed by atoms with Gasteiger partial charge in [0.25, 0.3) is 0 Å². The highest BCUT2D eigenvalue weighted by Crippen LogP contribution is 2.17. The van der Waals surface area contributed by atoms with Crippen LogP contribution in [-0.2, 0) is 11.3 Å². The van der Waals surface area contributed by atoms with Gasteiger partial charge in [-0.15, -0.1) is 0 Å². The third-order valence-electron chi connectivity index (χ3n) is 2.74. The van der Waals surface area contributed by atoms with Gasteiger partial charge in [-0.2, -0.15) is 0 Å². The summed E-state index contributed by atoms with van der Waals surface area (Å²) in [6.45, 7) is 5.87. The van der Waals surface area contributed by atoms with Gasteiger partial charge in [0.05, 0.1) is 6.54 Å². The number of likely N-dealkylation sites (N-methyl/N-ethyl adjacent to an activating group) is 1. The van der Waals surface area contributed by atoms with Crippen LogP contribution in [0, 0.1) is 6.92 Å². The molecule has 0 radical (unpaired) electrons. The van der Waals surface area contributed by atoms with Gasteiger partial charge in [-0.05, 0) is 31.0 Å². The SMILES string of the molecule is CCN(C)C(=O)CNCc1ccc(C)c(Br)c1. The van der Waals surface area contributed by atoms with Gasteiger partial charge in [-0.3, -0.25) is 4.79 Å². The molecule has 0 saturated carbocycles. The second-order valence-corrected chi connectivity index (χ2v) is 4.95. The molecule has 1 aromatic carbocycles. The number of carbonyl (C=O) groups excluding carboxylic acids is 1. The smallest absolute Gasteiger partial charge is 0.236 e. The molecule has 0 heterocycles. The normalized spacial score (nSPS) is 10.4. The number of benzene rings is 1. The number of carbonyl (C=O) groups is 1. The van der Waals surface area contributed by atoms with E-state index in [1.807, 2.05) is 14.0 Å². The zero-order valence-corrected chi connectivity index (χ0v) is 12.2. The van der Waals surface area contributed by atoms with Crippen LogP contribution >= 0.6 is 15.9 Å². The number of amides is 1. The first-order chi connectivity index (χ1) is 8.04. The van der Waals surface area contributed by atoms with Gasteiger partial charge in [0.2, 0.25) is 5.91 Å². The Morgan fingerprint density at radius 3 is 2.76 bits per heavy atom. The number of rotatable bonds is 5. The van der Waals surface area contributed by atoms with E-state index in [1.165, 1.54) is 11.1 Å². The van der Waals surface area contributed by atoms with Gasteiger partial charge in [0.1, 0.15) is 0 Å². The van der Waals surface area contributed by atoms with Crippen molar-refractivity contribution in [3.8, 4) is 0 Å². The number of aryl methyl sites for hydroxylation is 1. The molecule has 0 bridgehead atoms. The lowest BCUT2D eigenvalue weighted by molar-refractivity contribution is -0.128. The van der Waals surface area contributed by atoms with Crippen LogP contribution in [0.4, 0.5) is 0 Å². The predicted octanol–water partition coefficient (Wildman–Crippen LogP) is 2.33. The quantitative estimate of drug-likeness (QED) is 0.905. The fourth-order valence-corrected chi connectivity index (χ4v) is 1.80. The molecule has 94 valence electrons. The molecular formula is C13H19BrN2O. The number of hydrogen-bond donors (Lipinski definition) is 1. The van der Waals surface area contributed by atoms with E-state index in [2.05, 4.69) is 46.4 Å². The fourth-order valence-electron chi connectivity index (χ4n) is 1.37. The predicted molar refractivity (Wildman–Crippen MR) is 73.9 cm³/mol. The summed E-state index contributed by atoms with van der Waals surface area (Å²) in [5.74, 6) is 0.124. The van der Waals surface area contributed by atoms with Crippen LogP contribution in [-0.4, -0.2) is 30.9 Å². The maximum atomic E-state index is 11.5. The summed E-state index contributed by atoms with van der Waals surface area (Å²) in [7, 11) is 1.81. The van der Waals surface area contributed by atoms with E-state index in [9.17, 15) is 4.79 Å². The number of hydrogen-bond acceptors (Lipinski definition) is 2. The van der Waals surface area contributed by atoms with Crippen LogP contribution in [0.25, 0.3) is 0 Å². The maximum absolute atomic E-state index is 11.5. The molecule has 1 rings (SSSR count). The first-order valence-electron chi connectivity index (χ1n) is 5.74. The third-order valence-corrected chi connectivity index (χ3v) is 3.60. The van der Waals surface area contributed by atoms with E-state index in [0.29, 0.717) is 13.1 Å². The first kappa shape index (κ1) is 14.2. The van der Waals surface area contributed by atoms with Crippen LogP contribution in [0.5, 0.6) is 0 Å². The Bertz CT molecular complexity index is 393. The van der Waals surface area contributed by atoms with Crippen molar-refractivity contribution in [1.82, 2.24) is 10.2 Å². The number of nitrogens with one attached hydrogen (secondary N) is 1. The first-order valence-corrected chi connectivity index (χ1v) is 6.53. The minimum Gasteiger partial charge on any atom is -0.345 e. The summed E-state index contributed by atoms with van der Waals surface area (Å²) < 4.78 is 1.11. The molecule has 0 saturated heterocycles. The molecule has 0 aliphatic heterocycles. The van der Waals surface area contributed by atoms with E-state index in [4.69, 9.17) is 0 Å². The minimum absolute atomic E-state index is 0.124. The minimum atomic E-state index is 0.124. The van der Waals surface area contributed by atoms with Crippen LogP contribution in [0.1, 0.15) is 18.1 Å². The summed E-state index contributed by atoms with van der Waals surface area (Å²) in [5.41, 5.74) is 2.39. The fraction of sp³-hybridized carbons (Fsp3) is 0.462. The Balaban J connectivity index is 2.41. The summed E-state index contributed by atoms with van der Waals surface area (Å²) in [6.07, 6.45) is 0. The Labute approximate surface area is 111 Å². The monoisotopic (exact) mass is 298 g/mol. The zero-order valence-electron chi connectivity index (χ0n) is 10.6. The molecule has 0 spiro atoms. The molecule has 1 N–H and O–H groups in total. The lowest BCUT2D eigenvalue weighted by Crippen LogP contribution is -2.35. The molecule has 0 fully saturated rings. The summed E-state index contributed by atoms with van der Waals surface area (Å²) in [5, 5.41) is 3.15. The van der Waals surface area contributed by atoms with Gasteiger partial charge in [0.15, 0.2) is 0 Å². The van der Waals surface area contributed by atoms with Crippen LogP contribution in [0.2, 0.25) is 0 Å². The van der Waals surface area contributed by atoms with Crippen molar-refractivity contribution in [2.75, 3.05) is 20.1 Å². The van der Waals surface area contributed by atoms with Crippen molar-refractivity contribution < 1.29 is 4.79 Å². The van der Waals surface area contributed by atoms with E-state index in [0.717, 1.165) is 11.0 Å². The Hall–Kier alpha value is -0.870. The van der Waals surface area contributed by atoms with Crippen molar-refractivity contribution in [2.24, 2.45) is 0 Å². The van der Waals surface area contributed by atoms with Crippen LogP contribution < -0.4 is 5.32 Å². The van der Waals surface area contributed by atoms with E-state index < -0.39 is 0 Å². The van der Waals surface area contributed by atoms with Crippen LogP contribution in [0.15, 0.2) is 22.7 Å². The second-order valence-electron chi connectivity index (χ2n) is 4.10. The molecule has 0 atom stereocenters. The maximum Gasteiger partial charge on any atom is 0.236 e. The average Bonchev–Trinajstić information content (AvgIpc) is 2.32. The van der Waals surface area contributed by atoms with E-state index in [1.54, 1.807) is 4.90 Å². The zero-order chi connectivity index (χ0) is 12.8. The average molecular weight is 299 g/mol. The Kier molecular flexibility index (Phi) is 5.65. The molecule has 1 amide bonds. The molecule has 0 unspecified atom stereocenters. The molecule has 0 aromatic heterocycles. The molecule has 0 aliphatic rings. The van der Waals surface area contributed by atoms with Crippen molar-refractivity contribution in [3.05, 3.63) is 33.8 Å². The molecule has 17 heavy (non-hydrogen) atoms. The van der Waals surface area contributed by atoms with E-state index in [-0.39, 0.29) is 5.91 Å². The van der Waals surface area contributed by atoms with Gasteiger partial charge in [-0.25, -0.2) is 0 Å². The Morgan fingerprint density at radius 1 is 1.47 bits per heavy atom. The standard InChI is InChI=1S/C13H19BrN2O/c1-4-16(3)13(17)9-15-8-11-6-5-10(2)12(14)7-11/h5-7,15H,4,8-9H2,1-3H3. The topological polar surface area (TPSA) is 32.3 Å². The highest BCUT2D eigenvalue weighted by molar-refractivity contribution is 9.10. The third kappa shape index (κ3) is 4.48. The molecule has 3 nitrogen and oxygen atoms in total. The molecule has 0 aliphatic carbocycles. The summed E-state index contributed by atoms with van der Waals surface area (Å²) in [6, 6.07) is 6.22. The highest BCUT2D eigenvalue weighted by Gasteiger charge is 2.05. The van der Waals surface area contributed by atoms with Crippen LogP contribution in [0.3, 0.4) is 0 Å². The Morgan fingerprint density at radius 2 is 2.18 bits per heavy atom. The largest absolute Gasteiger partial charge is 0.345 e. The number of halogens is 1. The van der Waals surface area contributed by atoms with Crippen molar-refractivity contribution in [3.63, 3.8) is 0 Å². The van der Waals surface area contributed by atoms with Crippen molar-refractivity contribution in [1.29, 1.82) is 0 Å².